The zero-order valence-electron chi connectivity index (χ0n) is 13.3. The zero-order valence-corrected chi connectivity index (χ0v) is 13.3. The summed E-state index contributed by atoms with van der Waals surface area (Å²) in [4.78, 5) is 0. The lowest BCUT2D eigenvalue weighted by atomic mass is 10.0. The molecule has 2 aromatic rings. The second-order valence-corrected chi connectivity index (χ2v) is 5.53. The molecule has 21 heavy (non-hydrogen) atoms. The van der Waals surface area contributed by atoms with E-state index in [4.69, 9.17) is 4.74 Å². The maximum Gasteiger partial charge on any atom is 0.122 e. The van der Waals surface area contributed by atoms with E-state index in [0.29, 0.717) is 19.1 Å². The molecule has 0 unspecified atom stereocenters. The molecule has 0 saturated heterocycles. The summed E-state index contributed by atoms with van der Waals surface area (Å²) in [7, 11) is 1.90. The first-order valence-corrected chi connectivity index (χ1v) is 7.37. The third-order valence-corrected chi connectivity index (χ3v) is 3.40. The molecule has 0 atom stereocenters. The second kappa shape index (κ2) is 7.22. The van der Waals surface area contributed by atoms with Gasteiger partial charge in [0.15, 0.2) is 0 Å². The fourth-order valence-electron chi connectivity index (χ4n) is 2.09. The van der Waals surface area contributed by atoms with Crippen LogP contribution in [0.5, 0.6) is 5.75 Å². The van der Waals surface area contributed by atoms with E-state index in [1.807, 2.05) is 17.9 Å². The number of ether oxygens (including phenoxy) is 1. The molecule has 2 rings (SSSR count). The standard InChI is InChI=1S/C16H24N4O/c1-12(2)14-6-5-13(3)16(9-14)21-8-7-20-11-15(10-17-4)18-19-20/h5-6,9,11-12,17H,7-8,10H2,1-4H3. The van der Waals surface area contributed by atoms with Gasteiger partial charge in [0.2, 0.25) is 0 Å². The number of aromatic nitrogens is 3. The molecular formula is C16H24N4O. The van der Waals surface area contributed by atoms with Gasteiger partial charge in [-0.25, -0.2) is 4.68 Å². The van der Waals surface area contributed by atoms with Crippen LogP contribution >= 0.6 is 0 Å². The number of hydrogen-bond acceptors (Lipinski definition) is 4. The van der Waals surface area contributed by atoms with E-state index in [2.05, 4.69) is 54.6 Å². The van der Waals surface area contributed by atoms with Crippen LogP contribution in [-0.4, -0.2) is 28.6 Å². The van der Waals surface area contributed by atoms with Gasteiger partial charge in [0.1, 0.15) is 12.4 Å². The third kappa shape index (κ3) is 4.29. The van der Waals surface area contributed by atoms with Crippen LogP contribution in [-0.2, 0) is 13.1 Å². The molecule has 114 valence electrons. The Morgan fingerprint density at radius 3 is 2.86 bits per heavy atom. The Hall–Kier alpha value is -1.88. The summed E-state index contributed by atoms with van der Waals surface area (Å²) in [6, 6.07) is 6.41. The molecule has 0 aliphatic rings. The Labute approximate surface area is 126 Å². The predicted octanol–water partition coefficient (Wildman–Crippen LogP) is 2.51. The summed E-state index contributed by atoms with van der Waals surface area (Å²) in [5.74, 6) is 1.46. The van der Waals surface area contributed by atoms with Crippen LogP contribution in [0, 0.1) is 6.92 Å². The van der Waals surface area contributed by atoms with Gasteiger partial charge in [-0.15, -0.1) is 5.10 Å². The molecule has 0 fully saturated rings. The highest BCUT2D eigenvalue weighted by Crippen LogP contribution is 2.24. The van der Waals surface area contributed by atoms with Gasteiger partial charge < -0.3 is 10.1 Å². The quantitative estimate of drug-likeness (QED) is 0.850. The number of aryl methyl sites for hydroxylation is 1. The van der Waals surface area contributed by atoms with E-state index in [-0.39, 0.29) is 0 Å². The summed E-state index contributed by atoms with van der Waals surface area (Å²) < 4.78 is 7.71. The van der Waals surface area contributed by atoms with Crippen molar-refractivity contribution in [1.29, 1.82) is 0 Å². The summed E-state index contributed by atoms with van der Waals surface area (Å²) in [5.41, 5.74) is 3.40. The van der Waals surface area contributed by atoms with E-state index in [9.17, 15) is 0 Å². The van der Waals surface area contributed by atoms with Crippen LogP contribution in [0.15, 0.2) is 24.4 Å². The van der Waals surface area contributed by atoms with Gasteiger partial charge in [0, 0.05) is 12.7 Å². The van der Waals surface area contributed by atoms with Gasteiger partial charge in [-0.1, -0.05) is 31.2 Å². The van der Waals surface area contributed by atoms with Crippen molar-refractivity contribution in [3.05, 3.63) is 41.2 Å². The van der Waals surface area contributed by atoms with Gasteiger partial charge in [0.05, 0.1) is 12.2 Å². The number of nitrogens with one attached hydrogen (secondary N) is 1. The molecular weight excluding hydrogens is 264 g/mol. The van der Waals surface area contributed by atoms with E-state index < -0.39 is 0 Å². The van der Waals surface area contributed by atoms with Crippen LogP contribution in [0.2, 0.25) is 0 Å². The number of rotatable bonds is 7. The lowest BCUT2D eigenvalue weighted by Crippen LogP contribution is -2.09. The fraction of sp³-hybridized carbons (Fsp3) is 0.500. The predicted molar refractivity (Wildman–Crippen MR) is 83.5 cm³/mol. The smallest absolute Gasteiger partial charge is 0.122 e. The highest BCUT2D eigenvalue weighted by atomic mass is 16.5. The molecule has 1 N–H and O–H groups in total. The summed E-state index contributed by atoms with van der Waals surface area (Å²) in [6.07, 6.45) is 1.94. The molecule has 0 amide bonds. The Kier molecular flexibility index (Phi) is 5.33. The normalized spacial score (nSPS) is 11.1. The van der Waals surface area contributed by atoms with Crippen LogP contribution < -0.4 is 10.1 Å². The minimum Gasteiger partial charge on any atom is -0.491 e. The molecule has 0 spiro atoms. The molecule has 0 aliphatic heterocycles. The summed E-state index contributed by atoms with van der Waals surface area (Å²) >= 11 is 0. The minimum atomic E-state index is 0.507. The molecule has 0 radical (unpaired) electrons. The van der Waals surface area contributed by atoms with Gasteiger partial charge >= 0.3 is 0 Å². The van der Waals surface area contributed by atoms with E-state index in [1.165, 1.54) is 5.56 Å². The van der Waals surface area contributed by atoms with Crippen molar-refractivity contribution < 1.29 is 4.74 Å². The van der Waals surface area contributed by atoms with Crippen molar-refractivity contribution in [2.45, 2.75) is 39.8 Å². The molecule has 0 bridgehead atoms. The molecule has 5 heteroatoms. The largest absolute Gasteiger partial charge is 0.491 e. The average molecular weight is 288 g/mol. The van der Waals surface area contributed by atoms with Crippen molar-refractivity contribution >= 4 is 0 Å². The van der Waals surface area contributed by atoms with Crippen molar-refractivity contribution in [1.82, 2.24) is 20.3 Å². The van der Waals surface area contributed by atoms with Gasteiger partial charge in [0.25, 0.3) is 0 Å². The highest BCUT2D eigenvalue weighted by Gasteiger charge is 2.05. The SMILES string of the molecule is CNCc1cn(CCOc2cc(C(C)C)ccc2C)nn1. The first-order valence-electron chi connectivity index (χ1n) is 7.37. The van der Waals surface area contributed by atoms with Crippen molar-refractivity contribution in [3.63, 3.8) is 0 Å². The van der Waals surface area contributed by atoms with E-state index in [0.717, 1.165) is 23.6 Å². The number of hydrogen-bond donors (Lipinski definition) is 1. The number of benzene rings is 1. The first-order chi connectivity index (χ1) is 10.1. The molecule has 1 heterocycles. The van der Waals surface area contributed by atoms with Crippen LogP contribution in [0.25, 0.3) is 0 Å². The summed E-state index contributed by atoms with van der Waals surface area (Å²) in [6.45, 7) is 8.46. The van der Waals surface area contributed by atoms with Crippen molar-refractivity contribution in [2.75, 3.05) is 13.7 Å². The maximum atomic E-state index is 5.90. The van der Waals surface area contributed by atoms with Crippen LogP contribution in [0.3, 0.4) is 0 Å². The Balaban J connectivity index is 1.91. The Morgan fingerprint density at radius 1 is 1.33 bits per heavy atom. The Bertz CT molecular complexity index is 577. The highest BCUT2D eigenvalue weighted by molar-refractivity contribution is 5.37. The third-order valence-electron chi connectivity index (χ3n) is 3.40. The fourth-order valence-corrected chi connectivity index (χ4v) is 2.09. The Morgan fingerprint density at radius 2 is 2.14 bits per heavy atom. The number of nitrogens with zero attached hydrogens (tertiary/aromatic N) is 3. The molecule has 1 aromatic heterocycles. The minimum absolute atomic E-state index is 0.507. The second-order valence-electron chi connectivity index (χ2n) is 5.53. The maximum absolute atomic E-state index is 5.90. The lowest BCUT2D eigenvalue weighted by molar-refractivity contribution is 0.287. The molecule has 1 aromatic carbocycles. The van der Waals surface area contributed by atoms with Crippen LogP contribution in [0.4, 0.5) is 0 Å². The molecule has 5 nitrogen and oxygen atoms in total. The van der Waals surface area contributed by atoms with Crippen molar-refractivity contribution in [3.8, 4) is 5.75 Å². The zero-order chi connectivity index (χ0) is 15.2. The van der Waals surface area contributed by atoms with E-state index in [1.54, 1.807) is 0 Å². The average Bonchev–Trinajstić information content (AvgIpc) is 2.89. The van der Waals surface area contributed by atoms with Gasteiger partial charge in [-0.3, -0.25) is 0 Å². The van der Waals surface area contributed by atoms with E-state index >= 15 is 0 Å². The molecule has 0 saturated carbocycles. The van der Waals surface area contributed by atoms with Crippen molar-refractivity contribution in [2.24, 2.45) is 0 Å². The topological polar surface area (TPSA) is 52.0 Å². The lowest BCUT2D eigenvalue weighted by Gasteiger charge is -2.12. The van der Waals surface area contributed by atoms with Gasteiger partial charge in [-0.05, 0) is 37.1 Å². The van der Waals surface area contributed by atoms with Gasteiger partial charge in [-0.2, -0.15) is 0 Å². The monoisotopic (exact) mass is 288 g/mol. The summed E-state index contributed by atoms with van der Waals surface area (Å²) in [5, 5.41) is 11.2. The first kappa shape index (κ1) is 15.5. The van der Waals surface area contributed by atoms with Crippen LogP contribution in [0.1, 0.15) is 36.6 Å². The molecule has 0 aliphatic carbocycles.